The number of carbonyl (C=O) groups excluding carboxylic acids is 2. The Hall–Kier alpha value is -2.84. The Bertz CT molecular complexity index is 1150. The van der Waals surface area contributed by atoms with Gasteiger partial charge in [0.05, 0.1) is 22.4 Å². The molecule has 3 rings (SSSR count). The van der Waals surface area contributed by atoms with Crippen LogP contribution in [0.4, 0.5) is 5.69 Å². The van der Waals surface area contributed by atoms with Gasteiger partial charge in [0.1, 0.15) is 0 Å². The van der Waals surface area contributed by atoms with Crippen molar-refractivity contribution in [3.05, 3.63) is 70.5 Å². The molecule has 1 heterocycles. The molecule has 0 spiro atoms. The number of nitrogens with zero attached hydrogens (tertiary/aromatic N) is 3. The molecule has 1 aromatic heterocycles. The largest absolute Gasteiger partial charge is 0.342 e. The third kappa shape index (κ3) is 7.32. The number of aryl methyl sites for hydroxylation is 1. The second kappa shape index (κ2) is 12.7. The molecular formula is C26H32ClN5O2S. The number of halogens is 1. The number of nitrogens with one attached hydrogen (secondary N) is 2. The molecule has 0 radical (unpaired) electrons. The molecule has 2 aromatic carbocycles. The quantitative estimate of drug-likeness (QED) is 0.318. The van der Waals surface area contributed by atoms with Gasteiger partial charge in [-0.1, -0.05) is 68.4 Å². The summed E-state index contributed by atoms with van der Waals surface area (Å²) in [6.45, 7) is 8.88. The number of anilines is 1. The van der Waals surface area contributed by atoms with Crippen LogP contribution in [-0.2, 0) is 17.8 Å². The molecule has 0 unspecified atom stereocenters. The highest BCUT2D eigenvalue weighted by Gasteiger charge is 2.25. The molecular weight excluding hydrogens is 482 g/mol. The summed E-state index contributed by atoms with van der Waals surface area (Å²) in [5, 5.41) is 15.8. The minimum atomic E-state index is -0.341. The molecule has 1 atom stereocenters. The number of thioether (sulfide) groups is 1. The van der Waals surface area contributed by atoms with Crippen molar-refractivity contribution in [2.75, 3.05) is 11.1 Å². The summed E-state index contributed by atoms with van der Waals surface area (Å²) in [6.07, 6.45) is 1.64. The fraction of sp³-hybridized carbons (Fsp3) is 0.385. The molecule has 2 amide bonds. The van der Waals surface area contributed by atoms with Gasteiger partial charge in [-0.25, -0.2) is 0 Å². The lowest BCUT2D eigenvalue weighted by atomic mass is 10.0. The number of hydrogen-bond donors (Lipinski definition) is 2. The Morgan fingerprint density at radius 3 is 2.40 bits per heavy atom. The zero-order valence-electron chi connectivity index (χ0n) is 20.5. The van der Waals surface area contributed by atoms with Gasteiger partial charge in [0, 0.05) is 12.2 Å². The van der Waals surface area contributed by atoms with Gasteiger partial charge >= 0.3 is 0 Å². The van der Waals surface area contributed by atoms with Crippen LogP contribution in [0, 0.1) is 5.92 Å². The van der Waals surface area contributed by atoms with Gasteiger partial charge in [-0.05, 0) is 55.5 Å². The molecule has 0 fully saturated rings. The number of amides is 2. The van der Waals surface area contributed by atoms with Crippen LogP contribution in [-0.4, -0.2) is 32.3 Å². The summed E-state index contributed by atoms with van der Waals surface area (Å²) < 4.78 is 1.95. The van der Waals surface area contributed by atoms with Crippen molar-refractivity contribution < 1.29 is 9.59 Å². The lowest BCUT2D eigenvalue weighted by molar-refractivity contribution is -0.113. The topological polar surface area (TPSA) is 88.9 Å². The van der Waals surface area contributed by atoms with Gasteiger partial charge in [-0.2, -0.15) is 0 Å². The van der Waals surface area contributed by atoms with E-state index in [1.54, 1.807) is 24.3 Å². The average molecular weight is 514 g/mol. The third-order valence-electron chi connectivity index (χ3n) is 5.48. The average Bonchev–Trinajstić information content (AvgIpc) is 3.25. The number of aromatic nitrogens is 3. The van der Waals surface area contributed by atoms with E-state index < -0.39 is 0 Å². The first-order valence-electron chi connectivity index (χ1n) is 11.8. The first kappa shape index (κ1) is 26.8. The van der Waals surface area contributed by atoms with Crippen LogP contribution in [0.25, 0.3) is 0 Å². The standard InChI is InChI=1S/C26H32ClN5O2S/c1-5-18-11-13-19(14-12-18)28-23(33)16-35-26-31-30-24(32(26)6-2)22(15-17(3)4)29-25(34)20-9-7-8-10-21(20)27/h7-14,17,22H,5-6,15-16H2,1-4H3,(H,28,33)(H,29,34)/t22-/m1/s1. The highest BCUT2D eigenvalue weighted by atomic mass is 35.5. The Morgan fingerprint density at radius 2 is 1.77 bits per heavy atom. The zero-order valence-corrected chi connectivity index (χ0v) is 22.1. The molecule has 9 heteroatoms. The summed E-state index contributed by atoms with van der Waals surface area (Å²) in [6, 6.07) is 14.5. The maximum absolute atomic E-state index is 13.0. The van der Waals surface area contributed by atoms with Gasteiger partial charge in [0.15, 0.2) is 11.0 Å². The van der Waals surface area contributed by atoms with Gasteiger partial charge in [-0.3, -0.25) is 9.59 Å². The fourth-order valence-corrected chi connectivity index (χ4v) is 4.73. The number of benzene rings is 2. The SMILES string of the molecule is CCc1ccc(NC(=O)CSc2nnc([C@@H](CC(C)C)NC(=O)c3ccccc3Cl)n2CC)cc1. The van der Waals surface area contributed by atoms with Crippen LogP contribution in [0.3, 0.4) is 0 Å². The molecule has 7 nitrogen and oxygen atoms in total. The highest BCUT2D eigenvalue weighted by Crippen LogP contribution is 2.26. The Kier molecular flexibility index (Phi) is 9.74. The van der Waals surface area contributed by atoms with Crippen molar-refractivity contribution >= 4 is 40.9 Å². The summed E-state index contributed by atoms with van der Waals surface area (Å²) in [4.78, 5) is 25.5. The van der Waals surface area contributed by atoms with E-state index in [4.69, 9.17) is 11.6 Å². The zero-order chi connectivity index (χ0) is 25.4. The number of hydrogen-bond acceptors (Lipinski definition) is 5. The molecule has 0 bridgehead atoms. The number of rotatable bonds is 11. The van der Waals surface area contributed by atoms with Gasteiger partial charge in [0.2, 0.25) is 5.91 Å². The molecule has 2 N–H and O–H groups in total. The van der Waals surface area contributed by atoms with Crippen molar-refractivity contribution in [3.63, 3.8) is 0 Å². The summed E-state index contributed by atoms with van der Waals surface area (Å²) in [5.41, 5.74) is 2.41. The lowest BCUT2D eigenvalue weighted by Crippen LogP contribution is -2.31. The highest BCUT2D eigenvalue weighted by molar-refractivity contribution is 7.99. The van der Waals surface area contributed by atoms with E-state index in [9.17, 15) is 9.59 Å². The predicted octanol–water partition coefficient (Wildman–Crippen LogP) is 5.76. The Morgan fingerprint density at radius 1 is 1.06 bits per heavy atom. The van der Waals surface area contributed by atoms with Crippen molar-refractivity contribution in [2.45, 2.75) is 58.3 Å². The minimum Gasteiger partial charge on any atom is -0.342 e. The molecule has 3 aromatic rings. The maximum Gasteiger partial charge on any atom is 0.253 e. The predicted molar refractivity (Wildman–Crippen MR) is 142 cm³/mol. The van der Waals surface area contributed by atoms with Crippen LogP contribution in [0.5, 0.6) is 0 Å². The van der Waals surface area contributed by atoms with E-state index >= 15 is 0 Å². The number of carbonyl (C=O) groups is 2. The third-order valence-corrected chi connectivity index (χ3v) is 6.78. The second-order valence-corrected chi connectivity index (χ2v) is 9.96. The minimum absolute atomic E-state index is 0.114. The first-order chi connectivity index (χ1) is 16.8. The Balaban J connectivity index is 1.71. The normalized spacial score (nSPS) is 11.9. The van der Waals surface area contributed by atoms with Crippen molar-refractivity contribution in [3.8, 4) is 0 Å². The molecule has 0 saturated heterocycles. The summed E-state index contributed by atoms with van der Waals surface area (Å²) in [7, 11) is 0. The molecule has 186 valence electrons. The Labute approximate surface area is 216 Å². The van der Waals surface area contributed by atoms with Crippen LogP contribution >= 0.6 is 23.4 Å². The molecule has 0 aliphatic rings. The van der Waals surface area contributed by atoms with E-state index in [0.717, 1.165) is 12.1 Å². The van der Waals surface area contributed by atoms with Gasteiger partial charge in [0.25, 0.3) is 5.91 Å². The maximum atomic E-state index is 13.0. The van der Waals surface area contributed by atoms with E-state index in [2.05, 4.69) is 41.6 Å². The smallest absolute Gasteiger partial charge is 0.253 e. The van der Waals surface area contributed by atoms with Crippen LogP contribution in [0.2, 0.25) is 5.02 Å². The van der Waals surface area contributed by atoms with Crippen molar-refractivity contribution in [1.82, 2.24) is 20.1 Å². The van der Waals surface area contributed by atoms with Crippen molar-refractivity contribution in [1.29, 1.82) is 0 Å². The first-order valence-corrected chi connectivity index (χ1v) is 13.2. The van der Waals surface area contributed by atoms with Crippen molar-refractivity contribution in [2.24, 2.45) is 5.92 Å². The monoisotopic (exact) mass is 513 g/mol. The second-order valence-electron chi connectivity index (χ2n) is 8.61. The van der Waals surface area contributed by atoms with Gasteiger partial charge in [-0.15, -0.1) is 10.2 Å². The molecule has 35 heavy (non-hydrogen) atoms. The van der Waals surface area contributed by atoms with E-state index in [-0.39, 0.29) is 23.6 Å². The van der Waals surface area contributed by atoms with E-state index in [1.165, 1.54) is 17.3 Å². The molecule has 0 saturated carbocycles. The van der Waals surface area contributed by atoms with Crippen LogP contribution in [0.1, 0.15) is 61.9 Å². The van der Waals surface area contributed by atoms with E-state index in [0.29, 0.717) is 40.5 Å². The van der Waals surface area contributed by atoms with Crippen LogP contribution < -0.4 is 10.6 Å². The van der Waals surface area contributed by atoms with E-state index in [1.807, 2.05) is 35.8 Å². The van der Waals surface area contributed by atoms with Crippen LogP contribution in [0.15, 0.2) is 53.7 Å². The molecule has 0 aliphatic carbocycles. The van der Waals surface area contributed by atoms with Gasteiger partial charge < -0.3 is 15.2 Å². The lowest BCUT2D eigenvalue weighted by Gasteiger charge is -2.21. The fourth-order valence-electron chi connectivity index (χ4n) is 3.69. The molecule has 0 aliphatic heterocycles. The summed E-state index contributed by atoms with van der Waals surface area (Å²) >= 11 is 7.55. The summed E-state index contributed by atoms with van der Waals surface area (Å²) in [5.74, 6) is 0.815.